The smallest absolute Gasteiger partial charge is 0.119 e. The summed E-state index contributed by atoms with van der Waals surface area (Å²) in [5.41, 5.74) is 5.19. The zero-order valence-electron chi connectivity index (χ0n) is 6.36. The van der Waals surface area contributed by atoms with E-state index >= 15 is 0 Å². The molecule has 1 rings (SSSR count). The average molecular weight is 150 g/mol. The zero-order chi connectivity index (χ0) is 7.94. The maximum atomic E-state index is 5.34. The lowest BCUT2D eigenvalue weighted by Gasteiger charge is -2.02. The fourth-order valence-corrected chi connectivity index (χ4v) is 0.762. The van der Waals surface area contributed by atoms with Gasteiger partial charge in [-0.2, -0.15) is 0 Å². The fourth-order valence-electron chi connectivity index (χ4n) is 0.762. The number of ether oxygens (including phenoxy) is 1. The van der Waals surface area contributed by atoms with E-state index in [2.05, 4.69) is 0 Å². The summed E-state index contributed by atoms with van der Waals surface area (Å²) in [6.45, 7) is 2.25. The first-order valence-corrected chi connectivity index (χ1v) is 3.65. The van der Waals surface area contributed by atoms with E-state index in [9.17, 15) is 0 Å². The van der Waals surface area contributed by atoms with Crippen LogP contribution in [0.2, 0.25) is 0 Å². The molecule has 0 bridgehead atoms. The van der Waals surface area contributed by atoms with Gasteiger partial charge in [-0.05, 0) is 18.6 Å². The maximum Gasteiger partial charge on any atom is 0.119 e. The summed E-state index contributed by atoms with van der Waals surface area (Å²) in [4.78, 5) is 0. The first kappa shape index (κ1) is 8.08. The Morgan fingerprint density at radius 2 is 2.00 bits per heavy atom. The molecule has 0 saturated carbocycles. The van der Waals surface area contributed by atoms with Gasteiger partial charge in [0.1, 0.15) is 5.75 Å². The molecule has 1 radical (unpaired) electrons. The molecule has 59 valence electrons. The van der Waals surface area contributed by atoms with Crippen LogP contribution in [0.1, 0.15) is 6.42 Å². The molecule has 0 atom stereocenters. The van der Waals surface area contributed by atoms with Crippen molar-refractivity contribution >= 4 is 0 Å². The number of hydrogen-bond donors (Lipinski definition) is 1. The van der Waals surface area contributed by atoms with Crippen LogP contribution in [0.25, 0.3) is 0 Å². The van der Waals surface area contributed by atoms with Crippen molar-refractivity contribution in [3.8, 4) is 5.75 Å². The number of benzene rings is 1. The highest BCUT2D eigenvalue weighted by Crippen LogP contribution is 2.07. The Balaban J connectivity index is 2.28. The Morgan fingerprint density at radius 3 is 2.64 bits per heavy atom. The first-order valence-electron chi connectivity index (χ1n) is 3.65. The summed E-state index contributed by atoms with van der Waals surface area (Å²) in [6.07, 6.45) is 0.787. The van der Waals surface area contributed by atoms with Crippen LogP contribution in [0.3, 0.4) is 0 Å². The van der Waals surface area contributed by atoms with Gasteiger partial charge in [-0.3, -0.25) is 0 Å². The number of nitrogens with two attached hydrogens (primary N) is 1. The van der Waals surface area contributed by atoms with E-state index in [1.54, 1.807) is 6.54 Å². The van der Waals surface area contributed by atoms with Crippen LogP contribution in [0, 0.1) is 6.54 Å². The molecule has 0 saturated heterocycles. The third-order valence-electron chi connectivity index (χ3n) is 1.30. The summed E-state index contributed by atoms with van der Waals surface area (Å²) in [5.74, 6) is 0.898. The minimum Gasteiger partial charge on any atom is -0.494 e. The highest BCUT2D eigenvalue weighted by Gasteiger charge is 1.88. The second-order valence-electron chi connectivity index (χ2n) is 2.19. The molecule has 0 aliphatic carbocycles. The summed E-state index contributed by atoms with van der Waals surface area (Å²) in [6, 6.07) is 9.71. The van der Waals surface area contributed by atoms with Gasteiger partial charge in [0.05, 0.1) is 6.61 Å². The van der Waals surface area contributed by atoms with Gasteiger partial charge in [0.2, 0.25) is 0 Å². The van der Waals surface area contributed by atoms with Gasteiger partial charge in [-0.15, -0.1) is 0 Å². The molecular formula is C9H12NO. The molecule has 2 nitrogen and oxygen atoms in total. The highest BCUT2D eigenvalue weighted by atomic mass is 16.5. The molecule has 0 unspecified atom stereocenters. The molecule has 2 heteroatoms. The molecule has 0 amide bonds. The lowest BCUT2D eigenvalue weighted by Crippen LogP contribution is -2.00. The summed E-state index contributed by atoms with van der Waals surface area (Å²) >= 11 is 0. The van der Waals surface area contributed by atoms with E-state index in [1.165, 1.54) is 0 Å². The molecule has 2 N–H and O–H groups in total. The second-order valence-corrected chi connectivity index (χ2v) is 2.19. The molecule has 0 aliphatic rings. The van der Waals surface area contributed by atoms with Crippen molar-refractivity contribution in [3.63, 3.8) is 0 Å². The Bertz CT molecular complexity index is 186. The van der Waals surface area contributed by atoms with Crippen LogP contribution in [0.4, 0.5) is 0 Å². The lowest BCUT2D eigenvalue weighted by molar-refractivity contribution is 0.320. The van der Waals surface area contributed by atoms with Crippen LogP contribution in [-0.2, 0) is 0 Å². The van der Waals surface area contributed by atoms with Crippen LogP contribution < -0.4 is 10.5 Å². The third-order valence-corrected chi connectivity index (χ3v) is 1.30. The summed E-state index contributed by atoms with van der Waals surface area (Å²) in [7, 11) is 0. The van der Waals surface area contributed by atoms with Gasteiger partial charge in [0.15, 0.2) is 0 Å². The Hall–Kier alpha value is -1.02. The Kier molecular flexibility index (Phi) is 3.48. The fraction of sp³-hybridized carbons (Fsp3) is 0.222. The van der Waals surface area contributed by atoms with Gasteiger partial charge in [0.25, 0.3) is 0 Å². The van der Waals surface area contributed by atoms with Crippen molar-refractivity contribution in [1.82, 2.24) is 0 Å². The van der Waals surface area contributed by atoms with Crippen molar-refractivity contribution in [2.45, 2.75) is 6.42 Å². The maximum absolute atomic E-state index is 5.34. The SMILES string of the molecule is N[CH]CCOc1ccccc1. The van der Waals surface area contributed by atoms with Gasteiger partial charge < -0.3 is 10.5 Å². The Labute approximate surface area is 67.0 Å². The van der Waals surface area contributed by atoms with E-state index in [0.29, 0.717) is 6.61 Å². The molecule has 0 aliphatic heterocycles. The van der Waals surface area contributed by atoms with Crippen LogP contribution in [0.15, 0.2) is 30.3 Å². The highest BCUT2D eigenvalue weighted by molar-refractivity contribution is 5.20. The van der Waals surface area contributed by atoms with Crippen LogP contribution >= 0.6 is 0 Å². The van der Waals surface area contributed by atoms with Crippen molar-refractivity contribution in [2.75, 3.05) is 6.61 Å². The Morgan fingerprint density at radius 1 is 1.27 bits per heavy atom. The van der Waals surface area contributed by atoms with E-state index in [-0.39, 0.29) is 0 Å². The minimum atomic E-state index is 0.653. The number of hydrogen-bond acceptors (Lipinski definition) is 2. The molecular weight excluding hydrogens is 138 g/mol. The normalized spacial score (nSPS) is 9.55. The monoisotopic (exact) mass is 150 g/mol. The minimum absolute atomic E-state index is 0.653. The average Bonchev–Trinajstić information content (AvgIpc) is 2.07. The van der Waals surface area contributed by atoms with E-state index < -0.39 is 0 Å². The van der Waals surface area contributed by atoms with E-state index in [1.807, 2.05) is 30.3 Å². The molecule has 0 spiro atoms. The van der Waals surface area contributed by atoms with Crippen LogP contribution in [-0.4, -0.2) is 6.61 Å². The quantitative estimate of drug-likeness (QED) is 0.661. The first-order chi connectivity index (χ1) is 5.43. The largest absolute Gasteiger partial charge is 0.494 e. The van der Waals surface area contributed by atoms with Crippen molar-refractivity contribution < 1.29 is 4.74 Å². The van der Waals surface area contributed by atoms with E-state index in [4.69, 9.17) is 10.5 Å². The predicted molar refractivity (Wildman–Crippen MR) is 45.0 cm³/mol. The number of rotatable bonds is 4. The molecule has 1 aromatic rings. The third kappa shape index (κ3) is 3.05. The van der Waals surface area contributed by atoms with Gasteiger partial charge in [0, 0.05) is 6.54 Å². The summed E-state index contributed by atoms with van der Waals surface area (Å²) < 4.78 is 5.34. The molecule has 1 aromatic carbocycles. The summed E-state index contributed by atoms with van der Waals surface area (Å²) in [5, 5.41) is 0. The predicted octanol–water partition coefficient (Wildman–Crippen LogP) is 1.58. The standard InChI is InChI=1S/C9H12NO/c10-7-4-8-11-9-5-2-1-3-6-9/h1-3,5-7H,4,8,10H2. The van der Waals surface area contributed by atoms with E-state index in [0.717, 1.165) is 12.2 Å². The number of para-hydroxylation sites is 1. The molecule has 11 heavy (non-hydrogen) atoms. The van der Waals surface area contributed by atoms with Gasteiger partial charge >= 0.3 is 0 Å². The van der Waals surface area contributed by atoms with Crippen molar-refractivity contribution in [2.24, 2.45) is 5.73 Å². The lowest BCUT2D eigenvalue weighted by atomic mass is 10.3. The molecule has 0 fully saturated rings. The topological polar surface area (TPSA) is 35.2 Å². The van der Waals surface area contributed by atoms with Crippen LogP contribution in [0.5, 0.6) is 5.75 Å². The van der Waals surface area contributed by atoms with Gasteiger partial charge in [-0.1, -0.05) is 18.2 Å². The van der Waals surface area contributed by atoms with Crippen molar-refractivity contribution in [3.05, 3.63) is 36.9 Å². The second kappa shape index (κ2) is 4.74. The van der Waals surface area contributed by atoms with Crippen molar-refractivity contribution in [1.29, 1.82) is 0 Å². The van der Waals surface area contributed by atoms with Gasteiger partial charge in [-0.25, -0.2) is 0 Å². The molecule has 0 aromatic heterocycles. The molecule has 0 heterocycles. The zero-order valence-corrected chi connectivity index (χ0v) is 6.36.